The summed E-state index contributed by atoms with van der Waals surface area (Å²) in [5.74, 6) is -0.423. The average Bonchev–Trinajstić information content (AvgIpc) is 2.28. The molecule has 1 heterocycles. The van der Waals surface area contributed by atoms with Gasteiger partial charge in [-0.05, 0) is 24.8 Å². The number of nitrogens with zero attached hydrogens (tertiary/aromatic N) is 1. The highest BCUT2D eigenvalue weighted by atomic mass is 32.2. The van der Waals surface area contributed by atoms with Crippen molar-refractivity contribution in [3.8, 4) is 0 Å². The van der Waals surface area contributed by atoms with Crippen LogP contribution in [0.3, 0.4) is 0 Å². The normalized spacial score (nSPS) is 9.71. The molecule has 0 unspecified atom stereocenters. The predicted octanol–water partition coefficient (Wildman–Crippen LogP) is 0.258. The van der Waals surface area contributed by atoms with E-state index in [0.717, 1.165) is 11.8 Å². The molecule has 0 spiro atoms. The standard InChI is InChI=1S/C10H13N3O3S/c1-2-11-10(15)12-8(14)7-17-9-5-3-4-6-13(9)16/h3-6H,2,7H2,1H3,(H2,11,12,14,15). The SMILES string of the molecule is CCNC(=O)NC(=O)CSc1cccc[n+]1[O-]. The topological polar surface area (TPSA) is 85.1 Å². The van der Waals surface area contributed by atoms with Crippen LogP contribution in [0.5, 0.6) is 0 Å². The maximum Gasteiger partial charge on any atom is 0.321 e. The van der Waals surface area contributed by atoms with E-state index in [9.17, 15) is 14.8 Å². The zero-order chi connectivity index (χ0) is 12.7. The summed E-state index contributed by atoms with van der Waals surface area (Å²) in [6, 6.07) is 4.39. The van der Waals surface area contributed by atoms with E-state index >= 15 is 0 Å². The Balaban J connectivity index is 2.38. The number of thioether (sulfide) groups is 1. The van der Waals surface area contributed by atoms with E-state index in [-0.39, 0.29) is 5.75 Å². The highest BCUT2D eigenvalue weighted by Gasteiger charge is 2.10. The average molecular weight is 255 g/mol. The Hall–Kier alpha value is -1.76. The smallest absolute Gasteiger partial charge is 0.321 e. The van der Waals surface area contributed by atoms with Gasteiger partial charge in [-0.2, -0.15) is 4.73 Å². The number of amides is 3. The lowest BCUT2D eigenvalue weighted by Gasteiger charge is -2.04. The van der Waals surface area contributed by atoms with E-state index in [1.165, 1.54) is 6.20 Å². The minimum absolute atomic E-state index is 0.0172. The summed E-state index contributed by atoms with van der Waals surface area (Å²) in [7, 11) is 0. The Morgan fingerprint density at radius 1 is 1.47 bits per heavy atom. The number of urea groups is 1. The molecule has 2 N–H and O–H groups in total. The molecular formula is C10H13N3O3S. The Labute approximate surface area is 103 Å². The number of nitrogens with one attached hydrogen (secondary N) is 2. The maximum atomic E-state index is 11.3. The van der Waals surface area contributed by atoms with Gasteiger partial charge in [-0.3, -0.25) is 10.1 Å². The molecule has 3 amide bonds. The minimum Gasteiger partial charge on any atom is -0.618 e. The second-order valence-corrected chi connectivity index (χ2v) is 4.06. The molecule has 6 nitrogen and oxygen atoms in total. The van der Waals surface area contributed by atoms with Crippen LogP contribution in [-0.4, -0.2) is 24.2 Å². The van der Waals surface area contributed by atoms with Crippen molar-refractivity contribution in [2.24, 2.45) is 0 Å². The molecule has 0 radical (unpaired) electrons. The van der Waals surface area contributed by atoms with Crippen molar-refractivity contribution in [1.82, 2.24) is 10.6 Å². The van der Waals surface area contributed by atoms with E-state index in [0.29, 0.717) is 16.3 Å². The molecule has 7 heteroatoms. The van der Waals surface area contributed by atoms with Gasteiger partial charge in [-0.1, -0.05) is 0 Å². The molecule has 1 rings (SSSR count). The monoisotopic (exact) mass is 255 g/mol. The third-order valence-electron chi connectivity index (χ3n) is 1.73. The molecule has 17 heavy (non-hydrogen) atoms. The fourth-order valence-electron chi connectivity index (χ4n) is 1.03. The summed E-state index contributed by atoms with van der Waals surface area (Å²) in [6.07, 6.45) is 1.35. The van der Waals surface area contributed by atoms with Crippen molar-refractivity contribution in [3.63, 3.8) is 0 Å². The van der Waals surface area contributed by atoms with E-state index in [1.54, 1.807) is 25.1 Å². The number of hydrogen-bond donors (Lipinski definition) is 2. The Bertz CT molecular complexity index is 412. The lowest BCUT2D eigenvalue weighted by Crippen LogP contribution is -2.40. The zero-order valence-electron chi connectivity index (χ0n) is 9.30. The van der Waals surface area contributed by atoms with Crippen molar-refractivity contribution in [2.75, 3.05) is 12.3 Å². The summed E-state index contributed by atoms with van der Waals surface area (Å²) in [5.41, 5.74) is 0. The van der Waals surface area contributed by atoms with Crippen LogP contribution in [0, 0.1) is 5.21 Å². The van der Waals surface area contributed by atoms with Gasteiger partial charge in [0, 0.05) is 18.7 Å². The first-order chi connectivity index (χ1) is 8.13. The van der Waals surface area contributed by atoms with Crippen molar-refractivity contribution in [1.29, 1.82) is 0 Å². The number of carbonyl (C=O) groups excluding carboxylic acids is 2. The van der Waals surface area contributed by atoms with E-state index in [4.69, 9.17) is 0 Å². The predicted molar refractivity (Wildman–Crippen MR) is 63.3 cm³/mol. The van der Waals surface area contributed by atoms with Gasteiger partial charge >= 0.3 is 6.03 Å². The molecule has 0 atom stereocenters. The lowest BCUT2D eigenvalue weighted by atomic mass is 10.5. The van der Waals surface area contributed by atoms with Crippen LogP contribution in [0.15, 0.2) is 29.4 Å². The first-order valence-electron chi connectivity index (χ1n) is 5.02. The van der Waals surface area contributed by atoms with Crippen molar-refractivity contribution < 1.29 is 14.3 Å². The molecule has 92 valence electrons. The van der Waals surface area contributed by atoms with Crippen molar-refractivity contribution >= 4 is 23.7 Å². The fourth-order valence-corrected chi connectivity index (χ4v) is 1.75. The number of aromatic nitrogens is 1. The van der Waals surface area contributed by atoms with Crippen LogP contribution in [0.25, 0.3) is 0 Å². The molecule has 0 saturated carbocycles. The quantitative estimate of drug-likeness (QED) is 0.459. The number of hydrogen-bond acceptors (Lipinski definition) is 4. The molecule has 0 aliphatic heterocycles. The van der Waals surface area contributed by atoms with Gasteiger partial charge < -0.3 is 10.5 Å². The minimum atomic E-state index is -0.527. The number of carbonyl (C=O) groups is 2. The Kier molecular flexibility index (Phi) is 5.28. The van der Waals surface area contributed by atoms with Crippen LogP contribution in [0.2, 0.25) is 0 Å². The zero-order valence-corrected chi connectivity index (χ0v) is 10.1. The van der Waals surface area contributed by atoms with Crippen LogP contribution in [-0.2, 0) is 4.79 Å². The summed E-state index contributed by atoms with van der Waals surface area (Å²) in [4.78, 5) is 22.3. The number of pyridine rings is 1. The van der Waals surface area contributed by atoms with Crippen molar-refractivity contribution in [2.45, 2.75) is 11.9 Å². The van der Waals surface area contributed by atoms with Crippen LogP contribution in [0.1, 0.15) is 6.92 Å². The van der Waals surface area contributed by atoms with Gasteiger partial charge in [-0.25, -0.2) is 4.79 Å². The highest BCUT2D eigenvalue weighted by Crippen LogP contribution is 2.11. The van der Waals surface area contributed by atoms with Gasteiger partial charge in [0.25, 0.3) is 5.03 Å². The van der Waals surface area contributed by atoms with Crippen LogP contribution >= 0.6 is 11.8 Å². The number of imide groups is 1. The Morgan fingerprint density at radius 2 is 2.24 bits per heavy atom. The van der Waals surface area contributed by atoms with Gasteiger partial charge in [0.15, 0.2) is 6.20 Å². The third kappa shape index (κ3) is 4.73. The molecular weight excluding hydrogens is 242 g/mol. The Morgan fingerprint density at radius 3 is 2.88 bits per heavy atom. The van der Waals surface area contributed by atoms with Gasteiger partial charge in [0.05, 0.1) is 5.75 Å². The van der Waals surface area contributed by atoms with Gasteiger partial charge in [0.2, 0.25) is 5.91 Å². The van der Waals surface area contributed by atoms with E-state index in [2.05, 4.69) is 10.6 Å². The summed E-state index contributed by atoms with van der Waals surface area (Å²) in [5, 5.41) is 16.2. The van der Waals surface area contributed by atoms with E-state index in [1.807, 2.05) is 0 Å². The first kappa shape index (κ1) is 13.3. The molecule has 0 saturated heterocycles. The first-order valence-corrected chi connectivity index (χ1v) is 6.00. The maximum absolute atomic E-state index is 11.3. The van der Waals surface area contributed by atoms with Crippen LogP contribution in [0.4, 0.5) is 4.79 Å². The molecule has 0 aliphatic rings. The van der Waals surface area contributed by atoms with Crippen molar-refractivity contribution in [3.05, 3.63) is 29.6 Å². The molecule has 0 bridgehead atoms. The lowest BCUT2D eigenvalue weighted by molar-refractivity contribution is -0.645. The third-order valence-corrected chi connectivity index (χ3v) is 2.75. The fraction of sp³-hybridized carbons (Fsp3) is 0.300. The summed E-state index contributed by atoms with van der Waals surface area (Å²) in [6.45, 7) is 2.20. The second-order valence-electron chi connectivity index (χ2n) is 3.06. The molecule has 0 aliphatic carbocycles. The summed E-state index contributed by atoms with van der Waals surface area (Å²) >= 11 is 1.07. The highest BCUT2D eigenvalue weighted by molar-refractivity contribution is 7.99. The summed E-state index contributed by atoms with van der Waals surface area (Å²) < 4.78 is 0.671. The van der Waals surface area contributed by atoms with Gasteiger partial charge in [0.1, 0.15) is 0 Å². The molecule has 1 aromatic rings. The largest absolute Gasteiger partial charge is 0.618 e. The molecule has 0 aromatic carbocycles. The second kappa shape index (κ2) is 6.74. The molecule has 1 aromatic heterocycles. The number of rotatable bonds is 4. The van der Waals surface area contributed by atoms with E-state index < -0.39 is 11.9 Å². The molecule has 0 fully saturated rings. The van der Waals surface area contributed by atoms with Crippen LogP contribution < -0.4 is 15.4 Å². The van der Waals surface area contributed by atoms with Gasteiger partial charge in [-0.15, -0.1) is 0 Å².